The van der Waals surface area contributed by atoms with Crippen LogP contribution in [0.2, 0.25) is 0 Å². The third-order valence-corrected chi connectivity index (χ3v) is 5.67. The number of unbranched alkanes of at least 4 members (excludes halogenated alkanes) is 6. The maximum atomic E-state index is 12.7. The lowest BCUT2D eigenvalue weighted by Crippen LogP contribution is -2.49. The minimum Gasteiger partial charge on any atom is -0.329 e. The number of anilines is 1. The van der Waals surface area contributed by atoms with Gasteiger partial charge in [0.1, 0.15) is 6.54 Å². The highest BCUT2D eigenvalue weighted by Gasteiger charge is 2.28. The molecular formula is C21H37N3O2S. The van der Waals surface area contributed by atoms with Crippen molar-refractivity contribution < 1.29 is 9.59 Å². The molecule has 1 heterocycles. The molecule has 1 N–H and O–H groups in total. The number of thiazole rings is 1. The number of carbonyl (C=O) groups is 2. The molecule has 0 spiro atoms. The lowest BCUT2D eigenvalue weighted by Gasteiger charge is -2.35. The zero-order chi connectivity index (χ0) is 20.4. The average molecular weight is 396 g/mol. The van der Waals surface area contributed by atoms with E-state index in [0.717, 1.165) is 23.4 Å². The summed E-state index contributed by atoms with van der Waals surface area (Å²) in [5.41, 5.74) is 0.544. The van der Waals surface area contributed by atoms with Crippen molar-refractivity contribution in [2.24, 2.45) is 0 Å². The third kappa shape index (κ3) is 8.87. The van der Waals surface area contributed by atoms with E-state index in [1.165, 1.54) is 43.4 Å². The molecule has 0 radical (unpaired) electrons. The van der Waals surface area contributed by atoms with Crippen LogP contribution in [0.25, 0.3) is 0 Å². The van der Waals surface area contributed by atoms with E-state index in [9.17, 15) is 9.59 Å². The van der Waals surface area contributed by atoms with Gasteiger partial charge in [0.2, 0.25) is 11.8 Å². The van der Waals surface area contributed by atoms with E-state index in [1.807, 2.05) is 34.6 Å². The summed E-state index contributed by atoms with van der Waals surface area (Å²) in [7, 11) is 0. The molecule has 0 aliphatic rings. The number of aromatic nitrogens is 1. The van der Waals surface area contributed by atoms with Gasteiger partial charge >= 0.3 is 0 Å². The van der Waals surface area contributed by atoms with Crippen molar-refractivity contribution in [3.63, 3.8) is 0 Å². The number of nitrogens with one attached hydrogen (secondary N) is 1. The van der Waals surface area contributed by atoms with Crippen molar-refractivity contribution in [2.45, 2.75) is 98.4 Å². The summed E-state index contributed by atoms with van der Waals surface area (Å²) in [5.74, 6) is -0.135. The molecule has 154 valence electrons. The van der Waals surface area contributed by atoms with Crippen LogP contribution in [0.3, 0.4) is 0 Å². The second-order valence-electron chi connectivity index (χ2n) is 8.23. The first-order valence-corrected chi connectivity index (χ1v) is 11.0. The Morgan fingerprint density at radius 2 is 1.63 bits per heavy atom. The average Bonchev–Trinajstić information content (AvgIpc) is 2.88. The number of rotatable bonds is 11. The van der Waals surface area contributed by atoms with Crippen molar-refractivity contribution in [3.05, 3.63) is 10.6 Å². The number of nitrogens with zero attached hydrogens (tertiary/aromatic N) is 2. The Kier molecular flexibility index (Phi) is 9.99. The van der Waals surface area contributed by atoms with Crippen LogP contribution in [-0.4, -0.2) is 33.8 Å². The zero-order valence-electron chi connectivity index (χ0n) is 18.0. The Hall–Kier alpha value is -1.43. The molecule has 0 fully saturated rings. The van der Waals surface area contributed by atoms with Gasteiger partial charge in [-0.25, -0.2) is 4.98 Å². The molecule has 1 aromatic heterocycles. The Morgan fingerprint density at radius 3 is 2.15 bits per heavy atom. The summed E-state index contributed by atoms with van der Waals surface area (Å²) in [6, 6.07) is 0. The van der Waals surface area contributed by atoms with Crippen LogP contribution in [-0.2, 0) is 9.59 Å². The van der Waals surface area contributed by atoms with Crippen LogP contribution in [0.15, 0.2) is 0 Å². The third-order valence-electron chi connectivity index (χ3n) is 4.68. The molecule has 1 aromatic rings. The molecule has 0 bridgehead atoms. The predicted octanol–water partition coefficient (Wildman–Crippen LogP) is 5.47. The molecule has 0 aliphatic carbocycles. The highest BCUT2D eigenvalue weighted by atomic mass is 32.1. The fourth-order valence-corrected chi connectivity index (χ4v) is 3.73. The van der Waals surface area contributed by atoms with Gasteiger partial charge in [-0.1, -0.05) is 45.4 Å². The van der Waals surface area contributed by atoms with Crippen LogP contribution >= 0.6 is 11.3 Å². The first kappa shape index (κ1) is 23.6. The van der Waals surface area contributed by atoms with E-state index in [1.54, 1.807) is 4.90 Å². The lowest BCUT2D eigenvalue weighted by atomic mass is 10.0. The van der Waals surface area contributed by atoms with Crippen molar-refractivity contribution in [1.29, 1.82) is 0 Å². The van der Waals surface area contributed by atoms with Crippen LogP contribution in [0, 0.1) is 13.8 Å². The molecule has 1 rings (SSSR count). The van der Waals surface area contributed by atoms with E-state index in [0.29, 0.717) is 11.6 Å². The minimum absolute atomic E-state index is 0.0534. The molecule has 0 saturated heterocycles. The van der Waals surface area contributed by atoms with Gasteiger partial charge in [0, 0.05) is 16.8 Å². The van der Waals surface area contributed by atoms with Gasteiger partial charge in [0.25, 0.3) is 0 Å². The Bertz CT molecular complexity index is 586. The van der Waals surface area contributed by atoms with Gasteiger partial charge in [0.15, 0.2) is 5.13 Å². The van der Waals surface area contributed by atoms with Crippen LogP contribution in [0.4, 0.5) is 5.13 Å². The fraction of sp³-hybridized carbons (Fsp3) is 0.762. The van der Waals surface area contributed by atoms with Crippen LogP contribution in [0.5, 0.6) is 0 Å². The molecule has 6 heteroatoms. The fourth-order valence-electron chi connectivity index (χ4n) is 2.90. The second kappa shape index (κ2) is 11.4. The summed E-state index contributed by atoms with van der Waals surface area (Å²) in [4.78, 5) is 32.3. The summed E-state index contributed by atoms with van der Waals surface area (Å²) >= 11 is 1.46. The van der Waals surface area contributed by atoms with Gasteiger partial charge in [-0.05, 0) is 41.0 Å². The topological polar surface area (TPSA) is 62.3 Å². The summed E-state index contributed by atoms with van der Waals surface area (Å²) in [6.45, 7) is 12.1. The molecule has 5 nitrogen and oxygen atoms in total. The maximum absolute atomic E-state index is 12.7. The molecule has 27 heavy (non-hydrogen) atoms. The van der Waals surface area contributed by atoms with E-state index < -0.39 is 0 Å². The predicted molar refractivity (Wildman–Crippen MR) is 114 cm³/mol. The number of hydrogen-bond donors (Lipinski definition) is 1. The van der Waals surface area contributed by atoms with Crippen molar-refractivity contribution >= 4 is 28.3 Å². The Balaban J connectivity index is 2.49. The monoisotopic (exact) mass is 395 g/mol. The smallest absolute Gasteiger partial charge is 0.245 e. The minimum atomic E-state index is -0.385. The van der Waals surface area contributed by atoms with Gasteiger partial charge < -0.3 is 10.2 Å². The molecule has 2 amide bonds. The van der Waals surface area contributed by atoms with Crippen molar-refractivity contribution in [2.75, 3.05) is 11.9 Å². The first-order chi connectivity index (χ1) is 12.6. The van der Waals surface area contributed by atoms with Crippen molar-refractivity contribution in [1.82, 2.24) is 9.88 Å². The molecule has 0 unspecified atom stereocenters. The summed E-state index contributed by atoms with van der Waals surface area (Å²) in [5, 5.41) is 3.43. The molecule has 0 saturated carbocycles. The molecule has 0 aromatic carbocycles. The second-order valence-corrected chi connectivity index (χ2v) is 9.43. The summed E-state index contributed by atoms with van der Waals surface area (Å²) < 4.78 is 0. The van der Waals surface area contributed by atoms with Crippen LogP contribution < -0.4 is 5.32 Å². The van der Waals surface area contributed by atoms with Crippen molar-refractivity contribution in [3.8, 4) is 0 Å². The quantitative estimate of drug-likeness (QED) is 0.506. The maximum Gasteiger partial charge on any atom is 0.245 e. The number of aryl methyl sites for hydroxylation is 2. The van der Waals surface area contributed by atoms with Gasteiger partial charge in [-0.15, -0.1) is 11.3 Å². The van der Waals surface area contributed by atoms with E-state index in [-0.39, 0.29) is 23.9 Å². The van der Waals surface area contributed by atoms with Gasteiger partial charge in [-0.3, -0.25) is 9.59 Å². The SMILES string of the molecule is CCCCCCCCCC(=O)N(CC(=O)Nc1nc(C)c(C)s1)C(C)(C)C. The van der Waals surface area contributed by atoms with E-state index >= 15 is 0 Å². The van der Waals surface area contributed by atoms with Gasteiger partial charge in [0.05, 0.1) is 5.69 Å². The largest absolute Gasteiger partial charge is 0.329 e. The first-order valence-electron chi connectivity index (χ1n) is 10.2. The number of amides is 2. The Morgan fingerprint density at radius 1 is 1.04 bits per heavy atom. The summed E-state index contributed by atoms with van der Waals surface area (Å²) in [6.07, 6.45) is 8.75. The van der Waals surface area contributed by atoms with E-state index in [2.05, 4.69) is 17.2 Å². The number of hydrogen-bond acceptors (Lipinski definition) is 4. The lowest BCUT2D eigenvalue weighted by molar-refractivity contribution is -0.139. The zero-order valence-corrected chi connectivity index (χ0v) is 18.8. The van der Waals surface area contributed by atoms with Crippen LogP contribution in [0.1, 0.15) is 89.6 Å². The highest BCUT2D eigenvalue weighted by Crippen LogP contribution is 2.22. The molecule has 0 aliphatic heterocycles. The Labute approximate surface area is 168 Å². The molecular weight excluding hydrogens is 358 g/mol. The van der Waals surface area contributed by atoms with Gasteiger partial charge in [-0.2, -0.15) is 0 Å². The molecule has 0 atom stereocenters. The standard InChI is InChI=1S/C21H37N3O2S/c1-7-8-9-10-11-12-13-14-19(26)24(21(4,5)6)15-18(25)23-20-22-16(2)17(3)27-20/h7-15H2,1-6H3,(H,22,23,25). The highest BCUT2D eigenvalue weighted by molar-refractivity contribution is 7.15. The van der Waals surface area contributed by atoms with E-state index in [4.69, 9.17) is 0 Å². The number of carbonyl (C=O) groups excluding carboxylic acids is 2. The normalized spacial score (nSPS) is 11.5.